The lowest BCUT2D eigenvalue weighted by molar-refractivity contribution is -0.166. The van der Waals surface area contributed by atoms with Crippen LogP contribution in [0.2, 0.25) is 0 Å². The summed E-state index contributed by atoms with van der Waals surface area (Å²) in [5.74, 6) is -1.07. The van der Waals surface area contributed by atoms with Gasteiger partial charge >= 0.3 is 17.9 Å². The number of hydrogen-bond acceptors (Lipinski definition) is 6. The predicted molar refractivity (Wildman–Crippen MR) is 307 cm³/mol. The Bertz CT molecular complexity index is 1460. The molecule has 0 amide bonds. The Kier molecular flexibility index (Phi) is 55.4. The molecule has 0 bridgehead atoms. The first-order valence-corrected chi connectivity index (χ1v) is 29.4. The van der Waals surface area contributed by atoms with Gasteiger partial charge in [0.1, 0.15) is 13.2 Å². The third kappa shape index (κ3) is 56.9. The van der Waals surface area contributed by atoms with Crippen molar-refractivity contribution in [3.63, 3.8) is 0 Å². The fourth-order valence-electron chi connectivity index (χ4n) is 7.79. The van der Waals surface area contributed by atoms with E-state index in [0.29, 0.717) is 19.3 Å². The first-order valence-electron chi connectivity index (χ1n) is 29.4. The number of unbranched alkanes of at least 4 members (excludes halogenated alkanes) is 23. The minimum Gasteiger partial charge on any atom is -0.462 e. The van der Waals surface area contributed by atoms with Crippen LogP contribution in [0, 0.1) is 0 Å². The molecule has 0 saturated carbocycles. The van der Waals surface area contributed by atoms with Crippen molar-refractivity contribution in [1.82, 2.24) is 0 Å². The van der Waals surface area contributed by atoms with Gasteiger partial charge in [0, 0.05) is 19.3 Å². The number of esters is 3. The van der Waals surface area contributed by atoms with Crippen LogP contribution in [-0.2, 0) is 28.6 Å². The predicted octanol–water partition coefficient (Wildman–Crippen LogP) is 19.9. The molecule has 0 saturated heterocycles. The van der Waals surface area contributed by atoms with Gasteiger partial charge in [-0.05, 0) is 116 Å². The zero-order chi connectivity index (χ0) is 51.4. The second-order valence-electron chi connectivity index (χ2n) is 19.2. The Morgan fingerprint density at radius 2 is 0.549 bits per heavy atom. The maximum atomic E-state index is 12.8. The van der Waals surface area contributed by atoms with Gasteiger partial charge in [0.15, 0.2) is 6.10 Å². The third-order valence-electron chi connectivity index (χ3n) is 12.2. The first-order chi connectivity index (χ1) is 35.0. The summed E-state index contributed by atoms with van der Waals surface area (Å²) in [6.45, 7) is 6.50. The van der Waals surface area contributed by atoms with Crippen LogP contribution >= 0.6 is 0 Å². The highest BCUT2D eigenvalue weighted by atomic mass is 16.6. The summed E-state index contributed by atoms with van der Waals surface area (Å²) in [6, 6.07) is 0. The van der Waals surface area contributed by atoms with Crippen LogP contribution in [0.25, 0.3) is 0 Å². The van der Waals surface area contributed by atoms with Crippen molar-refractivity contribution in [2.75, 3.05) is 13.2 Å². The fourth-order valence-corrected chi connectivity index (χ4v) is 7.79. The van der Waals surface area contributed by atoms with Gasteiger partial charge in [0.2, 0.25) is 0 Å². The minimum absolute atomic E-state index is 0.127. The molecule has 0 aliphatic rings. The van der Waals surface area contributed by atoms with Crippen molar-refractivity contribution in [3.8, 4) is 0 Å². The zero-order valence-electron chi connectivity index (χ0n) is 46.2. The van der Waals surface area contributed by atoms with Crippen LogP contribution in [0.1, 0.15) is 265 Å². The largest absolute Gasteiger partial charge is 0.462 e. The van der Waals surface area contributed by atoms with E-state index in [-0.39, 0.29) is 38.0 Å². The van der Waals surface area contributed by atoms with Gasteiger partial charge in [-0.2, -0.15) is 0 Å². The third-order valence-corrected chi connectivity index (χ3v) is 12.2. The van der Waals surface area contributed by atoms with Gasteiger partial charge in [0.05, 0.1) is 0 Å². The molecule has 6 heteroatoms. The van der Waals surface area contributed by atoms with Crippen molar-refractivity contribution in [1.29, 1.82) is 0 Å². The van der Waals surface area contributed by atoms with Crippen molar-refractivity contribution < 1.29 is 28.6 Å². The number of carbonyl (C=O) groups is 3. The number of ether oxygens (including phenoxy) is 3. The molecule has 0 rings (SSSR count). The minimum atomic E-state index is -0.842. The maximum absolute atomic E-state index is 12.8. The van der Waals surface area contributed by atoms with E-state index in [1.165, 1.54) is 148 Å². The SMILES string of the molecule is CCCCC/C=C\C/C=C\C/C=C\C/C=C\C/C=C\CCC(=O)O[C@H](COC(=O)CCC/C=C\C/C=C\C/C=C\CCCCCCCC)COC(=O)CCCCCCCCC/C=C\CCCCCCCC. The zero-order valence-corrected chi connectivity index (χ0v) is 46.2. The molecule has 0 N–H and O–H groups in total. The van der Waals surface area contributed by atoms with E-state index >= 15 is 0 Å². The summed E-state index contributed by atoms with van der Waals surface area (Å²) in [5.41, 5.74) is 0. The number of rotatable bonds is 52. The second kappa shape index (κ2) is 58.6. The van der Waals surface area contributed by atoms with E-state index in [0.717, 1.165) is 64.2 Å². The molecular formula is C65H108O6. The van der Waals surface area contributed by atoms with E-state index in [2.05, 4.69) is 118 Å². The molecule has 0 spiro atoms. The van der Waals surface area contributed by atoms with Gasteiger partial charge in [-0.15, -0.1) is 0 Å². The molecule has 0 aromatic rings. The number of allylic oxidation sites excluding steroid dienone is 18. The molecule has 71 heavy (non-hydrogen) atoms. The molecule has 0 unspecified atom stereocenters. The van der Waals surface area contributed by atoms with E-state index in [4.69, 9.17) is 14.2 Å². The van der Waals surface area contributed by atoms with Gasteiger partial charge in [-0.25, -0.2) is 0 Å². The summed E-state index contributed by atoms with van der Waals surface area (Å²) in [5, 5.41) is 0. The van der Waals surface area contributed by atoms with E-state index < -0.39 is 12.1 Å². The molecule has 6 nitrogen and oxygen atoms in total. The topological polar surface area (TPSA) is 78.9 Å². The summed E-state index contributed by atoms with van der Waals surface area (Å²) in [6.07, 6.45) is 79.5. The molecule has 0 radical (unpaired) electrons. The van der Waals surface area contributed by atoms with Crippen molar-refractivity contribution in [2.45, 2.75) is 271 Å². The highest BCUT2D eigenvalue weighted by Crippen LogP contribution is 2.13. The molecule has 0 fully saturated rings. The summed E-state index contributed by atoms with van der Waals surface area (Å²) < 4.78 is 16.7. The number of carbonyl (C=O) groups excluding carboxylic acids is 3. The van der Waals surface area contributed by atoms with Crippen molar-refractivity contribution >= 4 is 17.9 Å². The smallest absolute Gasteiger partial charge is 0.306 e. The summed E-state index contributed by atoms with van der Waals surface area (Å²) in [7, 11) is 0. The molecular weight excluding hydrogens is 877 g/mol. The highest BCUT2D eigenvalue weighted by molar-refractivity contribution is 5.71. The molecule has 0 aliphatic heterocycles. The standard InChI is InChI=1S/C65H108O6/c1-4-7-10-13-16-19-22-25-28-31-32-35-38-41-44-47-50-53-56-59-65(68)71-62(60-69-63(66)57-54-51-48-45-42-39-36-33-29-26-23-20-17-14-11-8-5-2)61-70-64(67)58-55-52-49-46-43-40-37-34-30-27-24-21-18-15-12-9-6-3/h16,19,25-30,32,35-36,39,41,44-45,48,50,53,62H,4-15,17-18,20-24,31,33-34,37-38,40,42-43,46-47,49,51-52,54-61H2,1-3H3/b19-16-,28-25-,29-26-,30-27-,35-32-,39-36-,44-41-,48-45-,53-50-/t62-/m1/s1. The Balaban J connectivity index is 4.59. The molecule has 1 atom stereocenters. The normalized spacial score (nSPS) is 12.9. The van der Waals surface area contributed by atoms with Crippen LogP contribution in [0.4, 0.5) is 0 Å². The van der Waals surface area contributed by atoms with Gasteiger partial charge in [-0.3, -0.25) is 14.4 Å². The van der Waals surface area contributed by atoms with E-state index in [9.17, 15) is 14.4 Å². The van der Waals surface area contributed by atoms with Crippen LogP contribution < -0.4 is 0 Å². The van der Waals surface area contributed by atoms with Crippen molar-refractivity contribution in [3.05, 3.63) is 109 Å². The van der Waals surface area contributed by atoms with Crippen LogP contribution in [0.3, 0.4) is 0 Å². The van der Waals surface area contributed by atoms with Gasteiger partial charge in [0.25, 0.3) is 0 Å². The van der Waals surface area contributed by atoms with Crippen LogP contribution in [-0.4, -0.2) is 37.2 Å². The molecule has 0 heterocycles. The maximum Gasteiger partial charge on any atom is 0.306 e. The van der Waals surface area contributed by atoms with E-state index in [1.807, 2.05) is 12.2 Å². The lowest BCUT2D eigenvalue weighted by atomic mass is 10.1. The molecule has 0 aromatic heterocycles. The van der Waals surface area contributed by atoms with Crippen molar-refractivity contribution in [2.24, 2.45) is 0 Å². The molecule has 404 valence electrons. The lowest BCUT2D eigenvalue weighted by Crippen LogP contribution is -2.30. The second-order valence-corrected chi connectivity index (χ2v) is 19.2. The van der Waals surface area contributed by atoms with Crippen LogP contribution in [0.5, 0.6) is 0 Å². The lowest BCUT2D eigenvalue weighted by Gasteiger charge is -2.18. The van der Waals surface area contributed by atoms with Gasteiger partial charge < -0.3 is 14.2 Å². The molecule has 0 aromatic carbocycles. The first kappa shape index (κ1) is 67.1. The van der Waals surface area contributed by atoms with E-state index in [1.54, 1.807) is 0 Å². The van der Waals surface area contributed by atoms with Gasteiger partial charge in [-0.1, -0.05) is 239 Å². The quantitative estimate of drug-likeness (QED) is 0.0261. The Morgan fingerprint density at radius 3 is 0.944 bits per heavy atom. The monoisotopic (exact) mass is 985 g/mol. The summed E-state index contributed by atoms with van der Waals surface area (Å²) in [4.78, 5) is 38.1. The Labute approximate surface area is 438 Å². The Hall–Kier alpha value is -3.93. The average molecular weight is 986 g/mol. The number of hydrogen-bond donors (Lipinski definition) is 0. The van der Waals surface area contributed by atoms with Crippen LogP contribution in [0.15, 0.2) is 109 Å². The molecule has 0 aliphatic carbocycles. The fraction of sp³-hybridized carbons (Fsp3) is 0.677. The highest BCUT2D eigenvalue weighted by Gasteiger charge is 2.19. The average Bonchev–Trinajstić information content (AvgIpc) is 3.37. The Morgan fingerprint density at radius 1 is 0.282 bits per heavy atom. The summed E-state index contributed by atoms with van der Waals surface area (Å²) >= 11 is 0.